The molecule has 1 aromatic heterocycles. The first-order valence-corrected chi connectivity index (χ1v) is 18.8. The predicted octanol–water partition coefficient (Wildman–Crippen LogP) is 12.7. The monoisotopic (exact) mass is 705 g/mol. The van der Waals surface area contributed by atoms with Gasteiger partial charge in [-0.25, -0.2) is 4.99 Å². The largest absolute Gasteiger partial charge is 0.456 e. The van der Waals surface area contributed by atoms with Crippen LogP contribution in [0.15, 0.2) is 197 Å². The molecule has 4 nitrogen and oxygen atoms in total. The Morgan fingerprint density at radius 3 is 1.96 bits per heavy atom. The molecule has 9 aromatic carbocycles. The van der Waals surface area contributed by atoms with Crippen molar-refractivity contribution >= 4 is 60.1 Å². The molecule has 0 fully saturated rings. The minimum absolute atomic E-state index is 0.269. The Morgan fingerprint density at radius 2 is 1.09 bits per heavy atom. The fraction of sp³-hybridized carbons (Fsp3) is 0.0392. The molecule has 11 rings (SSSR count). The number of aliphatic imine (C=N–C) groups is 1. The first kappa shape index (κ1) is 31.5. The van der Waals surface area contributed by atoms with Crippen LogP contribution in [0.3, 0.4) is 0 Å². The Balaban J connectivity index is 1.06. The molecule has 0 aliphatic carbocycles. The van der Waals surface area contributed by atoms with E-state index in [-0.39, 0.29) is 12.3 Å². The van der Waals surface area contributed by atoms with Crippen molar-refractivity contribution in [2.24, 2.45) is 4.99 Å². The first-order chi connectivity index (χ1) is 27.2. The summed E-state index contributed by atoms with van der Waals surface area (Å²) in [5, 5.41) is 17.3. The molecule has 0 spiro atoms. The van der Waals surface area contributed by atoms with E-state index in [1.54, 1.807) is 0 Å². The van der Waals surface area contributed by atoms with E-state index in [0.717, 1.165) is 55.6 Å². The average Bonchev–Trinajstić information content (AvgIpc) is 3.65. The lowest BCUT2D eigenvalue weighted by Crippen LogP contribution is -2.45. The maximum atomic E-state index is 6.61. The highest BCUT2D eigenvalue weighted by Crippen LogP contribution is 2.41. The maximum Gasteiger partial charge on any atom is 0.136 e. The Hall–Kier alpha value is -7.01. The van der Waals surface area contributed by atoms with E-state index in [1.807, 2.05) is 0 Å². The summed E-state index contributed by atoms with van der Waals surface area (Å²) >= 11 is 0. The molecule has 0 radical (unpaired) electrons. The van der Waals surface area contributed by atoms with E-state index in [1.165, 1.54) is 43.4 Å². The van der Waals surface area contributed by atoms with Gasteiger partial charge in [0.15, 0.2) is 0 Å². The summed E-state index contributed by atoms with van der Waals surface area (Å²) in [5.41, 5.74) is 9.66. The van der Waals surface area contributed by atoms with Crippen molar-refractivity contribution in [1.82, 2.24) is 10.6 Å². The highest BCUT2D eigenvalue weighted by atomic mass is 16.3. The minimum atomic E-state index is -0.304. The van der Waals surface area contributed by atoms with Gasteiger partial charge in [-0.05, 0) is 84.4 Å². The predicted molar refractivity (Wildman–Crippen MR) is 228 cm³/mol. The summed E-state index contributed by atoms with van der Waals surface area (Å²) in [7, 11) is 0. The summed E-state index contributed by atoms with van der Waals surface area (Å²) in [6.45, 7) is 0. The second kappa shape index (κ2) is 12.8. The van der Waals surface area contributed by atoms with Crippen LogP contribution >= 0.6 is 0 Å². The Kier molecular flexibility index (Phi) is 7.35. The van der Waals surface area contributed by atoms with Crippen LogP contribution < -0.4 is 10.6 Å². The zero-order valence-electron chi connectivity index (χ0n) is 29.9. The zero-order valence-corrected chi connectivity index (χ0v) is 29.9. The van der Waals surface area contributed by atoms with Crippen molar-refractivity contribution in [3.63, 3.8) is 0 Å². The molecule has 0 saturated carbocycles. The second-order valence-electron chi connectivity index (χ2n) is 14.4. The van der Waals surface area contributed by atoms with Crippen molar-refractivity contribution in [2.45, 2.75) is 12.3 Å². The van der Waals surface area contributed by atoms with E-state index in [2.05, 4.69) is 199 Å². The summed E-state index contributed by atoms with van der Waals surface area (Å²) in [4.78, 5) is 5.37. The van der Waals surface area contributed by atoms with Gasteiger partial charge in [-0.1, -0.05) is 164 Å². The van der Waals surface area contributed by atoms with Gasteiger partial charge in [0.05, 0.1) is 0 Å². The fourth-order valence-corrected chi connectivity index (χ4v) is 8.42. The van der Waals surface area contributed by atoms with Crippen LogP contribution in [0.1, 0.15) is 29.0 Å². The van der Waals surface area contributed by atoms with Crippen molar-refractivity contribution in [1.29, 1.82) is 0 Å². The lowest BCUT2D eigenvalue weighted by atomic mass is 9.94. The topological polar surface area (TPSA) is 49.6 Å². The zero-order chi connectivity index (χ0) is 36.3. The number of fused-ring (bicyclic) bond motifs is 7. The van der Waals surface area contributed by atoms with Crippen LogP contribution in [0.25, 0.3) is 76.5 Å². The smallest absolute Gasteiger partial charge is 0.136 e. The lowest BCUT2D eigenvalue weighted by Gasteiger charge is -2.32. The second-order valence-corrected chi connectivity index (χ2v) is 14.4. The first-order valence-electron chi connectivity index (χ1n) is 18.8. The summed E-state index contributed by atoms with van der Waals surface area (Å²) in [6.07, 6.45) is -0.573. The molecule has 1 aliphatic heterocycles. The van der Waals surface area contributed by atoms with E-state index in [0.29, 0.717) is 0 Å². The number of rotatable bonds is 5. The molecular weight excluding hydrogens is 671 g/mol. The summed E-state index contributed by atoms with van der Waals surface area (Å²) in [5.74, 6) is 0.847. The molecule has 2 unspecified atom stereocenters. The van der Waals surface area contributed by atoms with Gasteiger partial charge in [-0.2, -0.15) is 0 Å². The van der Waals surface area contributed by atoms with Crippen LogP contribution in [-0.4, -0.2) is 5.84 Å². The van der Waals surface area contributed by atoms with Crippen LogP contribution in [0.5, 0.6) is 0 Å². The van der Waals surface area contributed by atoms with Gasteiger partial charge in [0.2, 0.25) is 0 Å². The molecule has 2 atom stereocenters. The lowest BCUT2D eigenvalue weighted by molar-refractivity contribution is 0.411. The normalized spacial score (nSPS) is 15.8. The van der Waals surface area contributed by atoms with Gasteiger partial charge in [-0.15, -0.1) is 0 Å². The van der Waals surface area contributed by atoms with Crippen molar-refractivity contribution < 1.29 is 4.42 Å². The average molecular weight is 706 g/mol. The van der Waals surface area contributed by atoms with E-state index in [4.69, 9.17) is 9.41 Å². The van der Waals surface area contributed by atoms with E-state index in [9.17, 15) is 0 Å². The molecule has 0 amide bonds. The molecule has 10 aromatic rings. The number of nitrogens with zero attached hydrogens (tertiary/aromatic N) is 1. The number of amidine groups is 1. The van der Waals surface area contributed by atoms with Gasteiger partial charge < -0.3 is 9.73 Å². The van der Waals surface area contributed by atoms with Crippen LogP contribution in [-0.2, 0) is 0 Å². The number of hydrogen-bond donors (Lipinski definition) is 2. The third kappa shape index (κ3) is 5.46. The van der Waals surface area contributed by atoms with Crippen molar-refractivity contribution in [3.05, 3.63) is 205 Å². The Bertz CT molecular complexity index is 3110. The number of benzene rings is 9. The highest BCUT2D eigenvalue weighted by molar-refractivity contribution is 6.14. The minimum Gasteiger partial charge on any atom is -0.456 e. The third-order valence-corrected chi connectivity index (χ3v) is 11.1. The standard InChI is InChI=1S/C51H35N3O/c1-2-10-32(11-3-1)34-20-23-36(24-21-34)43-16-8-18-45-47(43)48-44(17-9-19-46(48)55-45)51-53-49(39-27-22-33-12-4-5-14-37(33)30-39)52-50(54-51)40-28-29-42-38(31-40)26-25-35-13-6-7-15-41(35)42/h1-31,50-51,54H,(H,52,53). The molecule has 260 valence electrons. The van der Waals surface area contributed by atoms with Gasteiger partial charge in [0.25, 0.3) is 0 Å². The molecule has 2 heterocycles. The molecule has 1 aliphatic rings. The van der Waals surface area contributed by atoms with E-state index >= 15 is 0 Å². The van der Waals surface area contributed by atoms with Crippen LogP contribution in [0, 0.1) is 0 Å². The van der Waals surface area contributed by atoms with Crippen molar-refractivity contribution in [3.8, 4) is 22.3 Å². The highest BCUT2D eigenvalue weighted by Gasteiger charge is 2.29. The van der Waals surface area contributed by atoms with Gasteiger partial charge >= 0.3 is 0 Å². The van der Waals surface area contributed by atoms with Crippen molar-refractivity contribution in [2.75, 3.05) is 0 Å². The molecule has 2 N–H and O–H groups in total. The van der Waals surface area contributed by atoms with Crippen LogP contribution in [0.4, 0.5) is 0 Å². The SMILES string of the molecule is c1ccc(-c2ccc(-c3cccc4oc5cccc(C6NC(c7ccc8ccccc8c7)=NC(c7ccc8c(ccc9ccccc98)c7)N6)c5c34)cc2)cc1. The van der Waals surface area contributed by atoms with Gasteiger partial charge in [-0.3, -0.25) is 5.32 Å². The van der Waals surface area contributed by atoms with E-state index < -0.39 is 0 Å². The quantitative estimate of drug-likeness (QED) is 0.175. The third-order valence-electron chi connectivity index (χ3n) is 11.1. The molecule has 4 heteroatoms. The molecule has 0 bridgehead atoms. The molecule has 55 heavy (non-hydrogen) atoms. The Labute approximate surface area is 318 Å². The van der Waals surface area contributed by atoms with Gasteiger partial charge in [0, 0.05) is 21.9 Å². The Morgan fingerprint density at radius 1 is 0.436 bits per heavy atom. The summed E-state index contributed by atoms with van der Waals surface area (Å²) in [6, 6.07) is 67.0. The van der Waals surface area contributed by atoms with Crippen LogP contribution in [0.2, 0.25) is 0 Å². The fourth-order valence-electron chi connectivity index (χ4n) is 8.42. The molecule has 0 saturated heterocycles. The number of nitrogens with one attached hydrogen (secondary N) is 2. The number of furan rings is 1. The molecular formula is C51H35N3O. The summed E-state index contributed by atoms with van der Waals surface area (Å²) < 4.78 is 6.61. The van der Waals surface area contributed by atoms with Gasteiger partial charge in [0.1, 0.15) is 29.3 Å². The maximum absolute atomic E-state index is 6.61. The number of hydrogen-bond acceptors (Lipinski definition) is 4.